The van der Waals surface area contributed by atoms with E-state index in [1.807, 2.05) is 36.5 Å². The minimum atomic E-state index is -0.454. The average Bonchev–Trinajstić information content (AvgIpc) is 3.30. The number of fused-ring (bicyclic) bond motifs is 1. The number of nitrogens with one attached hydrogen (secondary N) is 1. The molecule has 3 aromatic rings. The van der Waals surface area contributed by atoms with Gasteiger partial charge in [-0.25, -0.2) is 0 Å². The van der Waals surface area contributed by atoms with Gasteiger partial charge in [-0.05, 0) is 36.6 Å². The number of carbonyl (C=O) groups is 1. The van der Waals surface area contributed by atoms with Crippen molar-refractivity contribution >= 4 is 16.8 Å². The number of ether oxygens (including phenoxy) is 2. The second kappa shape index (κ2) is 8.15. The van der Waals surface area contributed by atoms with Gasteiger partial charge in [-0.15, -0.1) is 0 Å². The van der Waals surface area contributed by atoms with Crippen LogP contribution in [0.3, 0.4) is 0 Å². The summed E-state index contributed by atoms with van der Waals surface area (Å²) in [6, 6.07) is 18.4. The molecule has 0 saturated carbocycles. The fourth-order valence-corrected chi connectivity index (χ4v) is 4.92. The number of aromatic amines is 1. The maximum absolute atomic E-state index is 13.7. The Morgan fingerprint density at radius 1 is 1.00 bits per heavy atom. The fraction of sp³-hybridized carbons (Fsp3) is 0.400. The van der Waals surface area contributed by atoms with E-state index in [-0.39, 0.29) is 12.0 Å². The van der Waals surface area contributed by atoms with Crippen molar-refractivity contribution in [3.63, 3.8) is 0 Å². The topological polar surface area (TPSA) is 54.6 Å². The number of H-pyrrole nitrogens is 1. The molecule has 2 aliphatic rings. The number of hydrogen-bond acceptors (Lipinski definition) is 3. The van der Waals surface area contributed by atoms with Gasteiger partial charge in [-0.1, -0.05) is 36.4 Å². The number of piperidine rings is 1. The Bertz CT molecular complexity index is 999. The average molecular weight is 405 g/mol. The van der Waals surface area contributed by atoms with Gasteiger partial charge in [-0.3, -0.25) is 4.79 Å². The summed E-state index contributed by atoms with van der Waals surface area (Å²) in [6.07, 6.45) is 5.29. The molecule has 2 aliphatic heterocycles. The molecule has 5 nitrogen and oxygen atoms in total. The van der Waals surface area contributed by atoms with Crippen molar-refractivity contribution in [3.8, 4) is 5.75 Å². The van der Waals surface area contributed by atoms with Crippen molar-refractivity contribution in [2.75, 3.05) is 26.3 Å². The molecule has 0 aliphatic carbocycles. The van der Waals surface area contributed by atoms with E-state index in [1.54, 1.807) is 0 Å². The van der Waals surface area contributed by atoms with Crippen LogP contribution in [0.25, 0.3) is 10.9 Å². The molecular weight excluding hydrogens is 376 g/mol. The van der Waals surface area contributed by atoms with E-state index < -0.39 is 5.41 Å². The number of amides is 1. The normalized spacial score (nSPS) is 19.7. The van der Waals surface area contributed by atoms with Crippen LogP contribution in [0.15, 0.2) is 60.8 Å². The summed E-state index contributed by atoms with van der Waals surface area (Å²) in [5.74, 6) is 1.17. The monoisotopic (exact) mass is 404 g/mol. The summed E-state index contributed by atoms with van der Waals surface area (Å²) in [4.78, 5) is 19.0. The first-order chi connectivity index (χ1) is 14.8. The summed E-state index contributed by atoms with van der Waals surface area (Å²) in [6.45, 7) is 2.76. The summed E-state index contributed by atoms with van der Waals surface area (Å²) in [5, 5.41) is 1.11. The minimum absolute atomic E-state index is 0.136. The Morgan fingerprint density at radius 3 is 2.53 bits per heavy atom. The molecule has 0 spiro atoms. The maximum atomic E-state index is 13.7. The summed E-state index contributed by atoms with van der Waals surface area (Å²) < 4.78 is 11.9. The quantitative estimate of drug-likeness (QED) is 0.706. The highest BCUT2D eigenvalue weighted by Gasteiger charge is 2.44. The second-order valence-corrected chi connectivity index (χ2v) is 8.36. The molecule has 1 amide bonds. The number of carbonyl (C=O) groups excluding carboxylic acids is 1. The molecule has 0 bridgehead atoms. The predicted molar refractivity (Wildman–Crippen MR) is 117 cm³/mol. The van der Waals surface area contributed by atoms with E-state index in [0.29, 0.717) is 13.2 Å². The Labute approximate surface area is 177 Å². The highest BCUT2D eigenvalue weighted by Crippen LogP contribution is 2.37. The Hall–Kier alpha value is -2.79. The third-order valence-corrected chi connectivity index (χ3v) is 6.66. The zero-order valence-corrected chi connectivity index (χ0v) is 17.2. The lowest BCUT2D eigenvalue weighted by molar-refractivity contribution is -0.143. The zero-order valence-electron chi connectivity index (χ0n) is 17.2. The number of hydrogen-bond donors (Lipinski definition) is 1. The maximum Gasteiger partial charge on any atom is 0.233 e. The van der Waals surface area contributed by atoms with Crippen LogP contribution in [0.1, 0.15) is 31.2 Å². The highest BCUT2D eigenvalue weighted by molar-refractivity contribution is 5.88. The Balaban J connectivity index is 1.28. The lowest BCUT2D eigenvalue weighted by Crippen LogP contribution is -2.53. The van der Waals surface area contributed by atoms with Crippen molar-refractivity contribution in [3.05, 3.63) is 66.4 Å². The van der Waals surface area contributed by atoms with E-state index in [2.05, 4.69) is 34.1 Å². The first-order valence-electron chi connectivity index (χ1n) is 10.9. The van der Waals surface area contributed by atoms with Crippen molar-refractivity contribution in [1.29, 1.82) is 0 Å². The molecule has 0 radical (unpaired) electrons. The third kappa shape index (κ3) is 3.47. The van der Waals surface area contributed by atoms with Gasteiger partial charge in [0.15, 0.2) is 0 Å². The largest absolute Gasteiger partial charge is 0.490 e. The first kappa shape index (κ1) is 19.2. The van der Waals surface area contributed by atoms with Crippen LogP contribution in [-0.2, 0) is 14.9 Å². The van der Waals surface area contributed by atoms with Gasteiger partial charge in [0.25, 0.3) is 0 Å². The molecule has 0 unspecified atom stereocenters. The molecule has 1 N–H and O–H groups in total. The number of nitrogens with zero attached hydrogens (tertiary/aromatic N) is 1. The molecule has 2 fully saturated rings. The van der Waals surface area contributed by atoms with Crippen LogP contribution in [-0.4, -0.2) is 48.2 Å². The SMILES string of the molecule is O=C(N1CCC(Oc2cccc3[nH]ccc23)CC1)C1(c2ccccc2)CCOCC1. The van der Waals surface area contributed by atoms with Crippen LogP contribution in [0.2, 0.25) is 0 Å². The highest BCUT2D eigenvalue weighted by atomic mass is 16.5. The molecule has 30 heavy (non-hydrogen) atoms. The lowest BCUT2D eigenvalue weighted by Gasteiger charge is -2.42. The van der Waals surface area contributed by atoms with Gasteiger partial charge in [0.1, 0.15) is 11.9 Å². The van der Waals surface area contributed by atoms with Crippen LogP contribution in [0.5, 0.6) is 5.75 Å². The van der Waals surface area contributed by atoms with Crippen LogP contribution in [0.4, 0.5) is 0 Å². The third-order valence-electron chi connectivity index (χ3n) is 6.66. The molecule has 2 aromatic carbocycles. The zero-order chi connectivity index (χ0) is 20.4. The standard InChI is InChI=1S/C25H28N2O3/c28-24(25(12-17-29-18-13-25)19-5-2-1-3-6-19)27-15-10-20(11-16-27)30-23-8-4-7-22-21(23)9-14-26-22/h1-9,14,20,26H,10-13,15-18H2. The van der Waals surface area contributed by atoms with Gasteiger partial charge in [0.05, 0.1) is 5.41 Å². The minimum Gasteiger partial charge on any atom is -0.490 e. The van der Waals surface area contributed by atoms with Crippen LogP contribution >= 0.6 is 0 Å². The van der Waals surface area contributed by atoms with E-state index in [4.69, 9.17) is 9.47 Å². The predicted octanol–water partition coefficient (Wildman–Crippen LogP) is 4.29. The Morgan fingerprint density at radius 2 is 1.77 bits per heavy atom. The fourth-order valence-electron chi connectivity index (χ4n) is 4.92. The van der Waals surface area contributed by atoms with Crippen LogP contribution < -0.4 is 4.74 Å². The van der Waals surface area contributed by atoms with E-state index in [9.17, 15) is 4.79 Å². The van der Waals surface area contributed by atoms with Gasteiger partial charge in [0.2, 0.25) is 5.91 Å². The molecule has 156 valence electrons. The number of likely N-dealkylation sites (tertiary alicyclic amines) is 1. The smallest absolute Gasteiger partial charge is 0.233 e. The number of rotatable bonds is 4. The van der Waals surface area contributed by atoms with E-state index in [0.717, 1.165) is 61.0 Å². The molecule has 2 saturated heterocycles. The second-order valence-electron chi connectivity index (χ2n) is 8.36. The van der Waals surface area contributed by atoms with Gasteiger partial charge >= 0.3 is 0 Å². The number of aromatic nitrogens is 1. The van der Waals surface area contributed by atoms with Crippen molar-refractivity contribution in [1.82, 2.24) is 9.88 Å². The van der Waals surface area contributed by atoms with E-state index >= 15 is 0 Å². The Kier molecular flexibility index (Phi) is 5.21. The summed E-state index contributed by atoms with van der Waals surface area (Å²) >= 11 is 0. The van der Waals surface area contributed by atoms with Crippen molar-refractivity contribution in [2.24, 2.45) is 0 Å². The molecule has 5 rings (SSSR count). The number of benzene rings is 2. The summed E-state index contributed by atoms with van der Waals surface area (Å²) in [7, 11) is 0. The molecule has 0 atom stereocenters. The molecule has 1 aromatic heterocycles. The van der Waals surface area contributed by atoms with Gasteiger partial charge < -0.3 is 19.4 Å². The van der Waals surface area contributed by atoms with Crippen molar-refractivity contribution in [2.45, 2.75) is 37.2 Å². The van der Waals surface area contributed by atoms with Gasteiger partial charge in [-0.2, -0.15) is 0 Å². The van der Waals surface area contributed by atoms with Crippen molar-refractivity contribution < 1.29 is 14.3 Å². The molecular formula is C25H28N2O3. The molecule has 5 heteroatoms. The van der Waals surface area contributed by atoms with E-state index in [1.165, 1.54) is 0 Å². The van der Waals surface area contributed by atoms with Gasteiger partial charge in [0, 0.05) is 56.2 Å². The summed E-state index contributed by atoms with van der Waals surface area (Å²) in [5.41, 5.74) is 1.75. The van der Waals surface area contributed by atoms with Crippen LogP contribution in [0, 0.1) is 0 Å². The first-order valence-corrected chi connectivity index (χ1v) is 10.9. The lowest BCUT2D eigenvalue weighted by atomic mass is 9.72. The molecule has 3 heterocycles.